The van der Waals surface area contributed by atoms with Crippen LogP contribution in [0.5, 0.6) is 0 Å². The van der Waals surface area contributed by atoms with E-state index >= 15 is 0 Å². The molecule has 0 radical (unpaired) electrons. The summed E-state index contributed by atoms with van der Waals surface area (Å²) >= 11 is 0. The van der Waals surface area contributed by atoms with E-state index in [2.05, 4.69) is 11.9 Å². The molecular formula is C14H19NO2. The Morgan fingerprint density at radius 3 is 2.47 bits per heavy atom. The molecule has 0 atom stereocenters. The maximum atomic E-state index is 11.4. The second-order valence-corrected chi connectivity index (χ2v) is 3.94. The van der Waals surface area contributed by atoms with Crippen LogP contribution in [0.2, 0.25) is 0 Å². The molecule has 1 rings (SSSR count). The lowest BCUT2D eigenvalue weighted by Gasteiger charge is -2.13. The molecule has 0 unspecified atom stereocenters. The summed E-state index contributed by atoms with van der Waals surface area (Å²) in [5.74, 6) is -0.341. The van der Waals surface area contributed by atoms with Crippen LogP contribution < -0.4 is 5.32 Å². The van der Waals surface area contributed by atoms with Crippen LogP contribution in [0.4, 0.5) is 5.69 Å². The molecule has 0 aliphatic heterocycles. The van der Waals surface area contributed by atoms with Crippen LogP contribution in [0.3, 0.4) is 0 Å². The highest BCUT2D eigenvalue weighted by Gasteiger charge is 2.08. The zero-order valence-electron chi connectivity index (χ0n) is 10.7. The first-order chi connectivity index (χ1) is 8.06. The normalized spacial score (nSPS) is 9.82. The highest BCUT2D eigenvalue weighted by molar-refractivity contribution is 5.88. The zero-order valence-corrected chi connectivity index (χ0v) is 10.7. The number of anilines is 1. The molecular weight excluding hydrogens is 214 g/mol. The largest absolute Gasteiger partial charge is 0.463 e. The quantitative estimate of drug-likeness (QED) is 0.627. The van der Waals surface area contributed by atoms with Gasteiger partial charge in [-0.3, -0.25) is 0 Å². The van der Waals surface area contributed by atoms with E-state index in [1.165, 1.54) is 0 Å². The predicted octanol–water partition coefficient (Wildman–Crippen LogP) is 2.83. The minimum atomic E-state index is -0.341. The molecule has 0 aliphatic carbocycles. The summed E-state index contributed by atoms with van der Waals surface area (Å²) in [6, 6.07) is 6.07. The van der Waals surface area contributed by atoms with Crippen LogP contribution >= 0.6 is 0 Å². The van der Waals surface area contributed by atoms with Crippen LogP contribution in [-0.2, 0) is 9.53 Å². The summed E-state index contributed by atoms with van der Waals surface area (Å²) in [6.07, 6.45) is 0. The van der Waals surface area contributed by atoms with Gasteiger partial charge in [-0.2, -0.15) is 0 Å². The first-order valence-electron chi connectivity index (χ1n) is 5.71. The molecule has 92 valence electrons. The summed E-state index contributed by atoms with van der Waals surface area (Å²) in [5, 5.41) is 3.22. The first-order valence-corrected chi connectivity index (χ1v) is 5.71. The Balaban J connectivity index is 2.62. The Morgan fingerprint density at radius 2 is 1.94 bits per heavy atom. The molecule has 1 N–H and O–H groups in total. The molecule has 0 aromatic heterocycles. The van der Waals surface area contributed by atoms with Gasteiger partial charge >= 0.3 is 5.97 Å². The van der Waals surface area contributed by atoms with Crippen LogP contribution in [-0.4, -0.2) is 19.1 Å². The van der Waals surface area contributed by atoms with Crippen LogP contribution in [0.25, 0.3) is 0 Å². The maximum Gasteiger partial charge on any atom is 0.335 e. The summed E-state index contributed by atoms with van der Waals surface area (Å²) < 4.78 is 4.87. The fourth-order valence-electron chi connectivity index (χ4n) is 1.59. The Morgan fingerprint density at radius 1 is 1.35 bits per heavy atom. The van der Waals surface area contributed by atoms with Crippen molar-refractivity contribution in [2.75, 3.05) is 18.5 Å². The van der Waals surface area contributed by atoms with E-state index in [0.717, 1.165) is 16.8 Å². The number of nitrogens with one attached hydrogen (secondary N) is 1. The number of para-hydroxylation sites is 1. The van der Waals surface area contributed by atoms with E-state index in [9.17, 15) is 4.79 Å². The van der Waals surface area contributed by atoms with Gasteiger partial charge in [0.25, 0.3) is 0 Å². The number of rotatable bonds is 5. The number of hydrogen-bond donors (Lipinski definition) is 1. The van der Waals surface area contributed by atoms with E-state index in [0.29, 0.717) is 18.7 Å². The summed E-state index contributed by atoms with van der Waals surface area (Å²) in [7, 11) is 0. The predicted molar refractivity (Wildman–Crippen MR) is 70.2 cm³/mol. The van der Waals surface area contributed by atoms with Gasteiger partial charge in [0, 0.05) is 17.8 Å². The minimum absolute atomic E-state index is 0.341. The van der Waals surface area contributed by atoms with Gasteiger partial charge in [-0.05, 0) is 31.9 Å². The summed E-state index contributed by atoms with van der Waals surface area (Å²) in [4.78, 5) is 11.4. The molecule has 1 aromatic rings. The molecule has 0 amide bonds. The van der Waals surface area contributed by atoms with Gasteiger partial charge in [-0.1, -0.05) is 24.8 Å². The summed E-state index contributed by atoms with van der Waals surface area (Å²) in [5.41, 5.74) is 3.80. The van der Waals surface area contributed by atoms with Crippen LogP contribution in [0.15, 0.2) is 30.4 Å². The van der Waals surface area contributed by atoms with E-state index in [-0.39, 0.29) is 5.97 Å². The van der Waals surface area contributed by atoms with Crippen molar-refractivity contribution in [1.29, 1.82) is 0 Å². The topological polar surface area (TPSA) is 38.3 Å². The van der Waals surface area contributed by atoms with Gasteiger partial charge in [-0.25, -0.2) is 4.79 Å². The number of benzene rings is 1. The highest BCUT2D eigenvalue weighted by atomic mass is 16.5. The molecule has 3 heteroatoms. The number of esters is 1. The van der Waals surface area contributed by atoms with E-state index < -0.39 is 0 Å². The molecule has 0 heterocycles. The zero-order chi connectivity index (χ0) is 12.8. The van der Waals surface area contributed by atoms with E-state index in [1.54, 1.807) is 6.92 Å². The van der Waals surface area contributed by atoms with Crippen molar-refractivity contribution in [3.8, 4) is 0 Å². The monoisotopic (exact) mass is 233 g/mol. The van der Waals surface area contributed by atoms with Gasteiger partial charge in [0.05, 0.1) is 6.61 Å². The number of carbonyl (C=O) groups is 1. The average Bonchev–Trinajstić information content (AvgIpc) is 2.28. The fraction of sp³-hybridized carbons (Fsp3) is 0.357. The van der Waals surface area contributed by atoms with Crippen molar-refractivity contribution in [2.24, 2.45) is 0 Å². The molecule has 1 aromatic carbocycles. The Labute approximate surface area is 102 Å². The number of carbonyl (C=O) groups excluding carboxylic acids is 1. The number of aryl methyl sites for hydroxylation is 2. The molecule has 0 spiro atoms. The van der Waals surface area contributed by atoms with Crippen molar-refractivity contribution in [1.82, 2.24) is 0 Å². The Hall–Kier alpha value is -1.77. The lowest BCUT2D eigenvalue weighted by Crippen LogP contribution is -2.15. The lowest BCUT2D eigenvalue weighted by atomic mass is 10.1. The van der Waals surface area contributed by atoms with Crippen molar-refractivity contribution in [2.45, 2.75) is 20.8 Å². The van der Waals surface area contributed by atoms with Crippen molar-refractivity contribution >= 4 is 11.7 Å². The smallest absolute Gasteiger partial charge is 0.335 e. The second kappa shape index (κ2) is 6.09. The standard InChI is InChI=1S/C14H19NO2/c1-5-17-14(16)12(4)9-15-13-10(2)7-6-8-11(13)3/h6-8,15H,4-5,9H2,1-3H3. The van der Waals surface area contributed by atoms with Gasteiger partial charge in [0.1, 0.15) is 0 Å². The third-order valence-corrected chi connectivity index (χ3v) is 2.52. The van der Waals surface area contributed by atoms with Crippen LogP contribution in [0.1, 0.15) is 18.1 Å². The summed E-state index contributed by atoms with van der Waals surface area (Å²) in [6.45, 7) is 10.3. The van der Waals surface area contributed by atoms with Gasteiger partial charge in [0.2, 0.25) is 0 Å². The highest BCUT2D eigenvalue weighted by Crippen LogP contribution is 2.19. The third kappa shape index (κ3) is 3.63. The molecule has 0 saturated carbocycles. The molecule has 17 heavy (non-hydrogen) atoms. The molecule has 0 aliphatic rings. The molecule has 0 fully saturated rings. The van der Waals surface area contributed by atoms with Crippen molar-refractivity contribution in [3.05, 3.63) is 41.5 Å². The van der Waals surface area contributed by atoms with Gasteiger partial charge in [0.15, 0.2) is 0 Å². The molecule has 0 saturated heterocycles. The fourth-order valence-corrected chi connectivity index (χ4v) is 1.59. The SMILES string of the molecule is C=C(CNc1c(C)cccc1C)C(=O)OCC. The third-order valence-electron chi connectivity index (χ3n) is 2.52. The van der Waals surface area contributed by atoms with Gasteiger partial charge < -0.3 is 10.1 Å². The molecule has 0 bridgehead atoms. The Kier molecular flexibility index (Phi) is 4.76. The number of ether oxygens (including phenoxy) is 1. The van der Waals surface area contributed by atoms with Crippen molar-refractivity contribution < 1.29 is 9.53 Å². The van der Waals surface area contributed by atoms with Gasteiger partial charge in [-0.15, -0.1) is 0 Å². The number of hydrogen-bond acceptors (Lipinski definition) is 3. The second-order valence-electron chi connectivity index (χ2n) is 3.94. The molecule has 3 nitrogen and oxygen atoms in total. The first kappa shape index (κ1) is 13.3. The van der Waals surface area contributed by atoms with Crippen LogP contribution in [0, 0.1) is 13.8 Å². The van der Waals surface area contributed by atoms with E-state index in [4.69, 9.17) is 4.74 Å². The van der Waals surface area contributed by atoms with Crippen molar-refractivity contribution in [3.63, 3.8) is 0 Å². The maximum absolute atomic E-state index is 11.4. The lowest BCUT2D eigenvalue weighted by molar-refractivity contribution is -0.138. The van der Waals surface area contributed by atoms with E-state index in [1.807, 2.05) is 32.0 Å². The Bertz CT molecular complexity index is 404. The average molecular weight is 233 g/mol. The minimum Gasteiger partial charge on any atom is -0.463 e.